The Kier molecular flexibility index (Phi) is 7.43. The van der Waals surface area contributed by atoms with Crippen molar-refractivity contribution in [2.45, 2.75) is 52.2 Å². The molecule has 33 heavy (non-hydrogen) atoms. The van der Waals surface area contributed by atoms with Gasteiger partial charge in [-0.1, -0.05) is 35.9 Å². The summed E-state index contributed by atoms with van der Waals surface area (Å²) in [5.41, 5.74) is 4.14. The van der Waals surface area contributed by atoms with Crippen LogP contribution in [0.1, 0.15) is 46.5 Å². The summed E-state index contributed by atoms with van der Waals surface area (Å²) >= 11 is 0. The first-order valence-electron chi connectivity index (χ1n) is 10.8. The van der Waals surface area contributed by atoms with E-state index in [1.807, 2.05) is 64.1 Å². The summed E-state index contributed by atoms with van der Waals surface area (Å²) in [7, 11) is -3.86. The fourth-order valence-electron chi connectivity index (χ4n) is 3.40. The summed E-state index contributed by atoms with van der Waals surface area (Å²) in [6.07, 6.45) is 0.0898. The van der Waals surface area contributed by atoms with Crippen LogP contribution in [0.5, 0.6) is 5.75 Å². The molecule has 0 aliphatic carbocycles. The van der Waals surface area contributed by atoms with Crippen LogP contribution < -0.4 is 14.8 Å². The fraction of sp³-hybridized carbons (Fsp3) is 0.269. The molecule has 2 N–H and O–H groups in total. The summed E-state index contributed by atoms with van der Waals surface area (Å²) in [6, 6.07) is 17.7. The molecule has 0 bridgehead atoms. The van der Waals surface area contributed by atoms with Crippen LogP contribution in [0.2, 0.25) is 0 Å². The maximum Gasteiger partial charge on any atom is 0.262 e. The van der Waals surface area contributed by atoms with E-state index < -0.39 is 10.0 Å². The molecule has 0 aromatic heterocycles. The summed E-state index contributed by atoms with van der Waals surface area (Å²) in [5.74, 6) is 0.422. The third-order valence-electron chi connectivity index (χ3n) is 5.11. The van der Waals surface area contributed by atoms with E-state index in [-0.39, 0.29) is 22.5 Å². The van der Waals surface area contributed by atoms with Crippen molar-refractivity contribution in [1.29, 1.82) is 0 Å². The van der Waals surface area contributed by atoms with Crippen molar-refractivity contribution < 1.29 is 17.9 Å². The Bertz CT molecular complexity index is 1250. The maximum absolute atomic E-state index is 13.1. The van der Waals surface area contributed by atoms with E-state index in [2.05, 4.69) is 10.0 Å². The monoisotopic (exact) mass is 466 g/mol. The molecular formula is C26H30N2O4S. The molecule has 0 saturated heterocycles. The predicted octanol–water partition coefficient (Wildman–Crippen LogP) is 5.13. The number of amides is 1. The second-order valence-corrected chi connectivity index (χ2v) is 10.0. The van der Waals surface area contributed by atoms with Gasteiger partial charge in [-0.05, 0) is 81.6 Å². The number of sulfonamides is 1. The molecule has 174 valence electrons. The van der Waals surface area contributed by atoms with Gasteiger partial charge in [-0.3, -0.25) is 9.52 Å². The summed E-state index contributed by atoms with van der Waals surface area (Å²) in [4.78, 5) is 12.8. The Morgan fingerprint density at radius 1 is 0.909 bits per heavy atom. The molecule has 3 aromatic rings. The minimum Gasteiger partial charge on any atom is -0.491 e. The second-order valence-electron chi connectivity index (χ2n) is 8.40. The Morgan fingerprint density at radius 2 is 1.61 bits per heavy atom. The van der Waals surface area contributed by atoms with E-state index in [4.69, 9.17) is 4.74 Å². The van der Waals surface area contributed by atoms with Gasteiger partial charge in [0.1, 0.15) is 5.75 Å². The zero-order chi connectivity index (χ0) is 24.2. The van der Waals surface area contributed by atoms with Crippen molar-refractivity contribution in [2.24, 2.45) is 0 Å². The minimum atomic E-state index is -3.86. The first kappa shape index (κ1) is 24.3. The van der Waals surface area contributed by atoms with Crippen LogP contribution in [0, 0.1) is 20.8 Å². The molecule has 6 nitrogen and oxygen atoms in total. The van der Waals surface area contributed by atoms with Crippen molar-refractivity contribution in [3.05, 3.63) is 88.5 Å². The quantitative estimate of drug-likeness (QED) is 0.482. The topological polar surface area (TPSA) is 84.5 Å². The van der Waals surface area contributed by atoms with Crippen molar-refractivity contribution in [1.82, 2.24) is 5.32 Å². The SMILES string of the molecule is Cc1ccc(NS(=O)(=O)c2cc(C(=O)NCc3ccc(OC(C)C)cc3)ccc2C)c(C)c1. The zero-order valence-corrected chi connectivity index (χ0v) is 20.4. The first-order valence-corrected chi connectivity index (χ1v) is 12.3. The van der Waals surface area contributed by atoms with Crippen LogP contribution in [0.25, 0.3) is 0 Å². The van der Waals surface area contributed by atoms with E-state index in [9.17, 15) is 13.2 Å². The lowest BCUT2D eigenvalue weighted by atomic mass is 10.1. The minimum absolute atomic E-state index is 0.0744. The molecule has 0 spiro atoms. The van der Waals surface area contributed by atoms with E-state index >= 15 is 0 Å². The standard InChI is InChI=1S/C26H30N2O4S/c1-17(2)32-23-11-8-21(9-12-23)16-27-26(29)22-10-7-19(4)25(15-22)33(30,31)28-24-13-6-18(3)14-20(24)5/h6-15,17,28H,16H2,1-5H3,(H,27,29). The molecule has 0 aliphatic heterocycles. The van der Waals surface area contributed by atoms with E-state index in [1.165, 1.54) is 6.07 Å². The third kappa shape index (κ3) is 6.35. The van der Waals surface area contributed by atoms with Gasteiger partial charge in [-0.25, -0.2) is 8.42 Å². The lowest BCUT2D eigenvalue weighted by molar-refractivity contribution is 0.0950. The summed E-state index contributed by atoms with van der Waals surface area (Å²) in [6.45, 7) is 9.74. The van der Waals surface area contributed by atoms with Gasteiger partial charge in [0.05, 0.1) is 16.7 Å². The van der Waals surface area contributed by atoms with Crippen LogP contribution in [-0.2, 0) is 16.6 Å². The Labute approximate surface area is 196 Å². The number of rotatable bonds is 8. The average Bonchev–Trinajstić information content (AvgIpc) is 2.75. The normalized spacial score (nSPS) is 11.3. The lowest BCUT2D eigenvalue weighted by Crippen LogP contribution is -2.23. The van der Waals surface area contributed by atoms with E-state index in [1.54, 1.807) is 25.1 Å². The lowest BCUT2D eigenvalue weighted by Gasteiger charge is -2.14. The van der Waals surface area contributed by atoms with E-state index in [0.717, 1.165) is 22.4 Å². The van der Waals surface area contributed by atoms with Crippen LogP contribution in [-0.4, -0.2) is 20.4 Å². The second kappa shape index (κ2) is 10.1. The number of ether oxygens (including phenoxy) is 1. The van der Waals surface area contributed by atoms with Crippen LogP contribution in [0.15, 0.2) is 65.6 Å². The molecule has 3 rings (SSSR count). The molecule has 0 heterocycles. The number of anilines is 1. The molecular weight excluding hydrogens is 436 g/mol. The van der Waals surface area contributed by atoms with Gasteiger partial charge in [-0.15, -0.1) is 0 Å². The zero-order valence-electron chi connectivity index (χ0n) is 19.6. The number of carbonyl (C=O) groups is 1. The number of nitrogens with one attached hydrogen (secondary N) is 2. The predicted molar refractivity (Wildman–Crippen MR) is 131 cm³/mol. The molecule has 0 saturated carbocycles. The Balaban J connectivity index is 1.74. The largest absolute Gasteiger partial charge is 0.491 e. The van der Waals surface area contributed by atoms with Crippen LogP contribution in [0.3, 0.4) is 0 Å². The van der Waals surface area contributed by atoms with E-state index in [0.29, 0.717) is 17.8 Å². The molecule has 1 amide bonds. The van der Waals surface area contributed by atoms with Gasteiger partial charge in [0.2, 0.25) is 0 Å². The Morgan fingerprint density at radius 3 is 2.24 bits per heavy atom. The van der Waals surface area contributed by atoms with Crippen molar-refractivity contribution in [3.8, 4) is 5.75 Å². The highest BCUT2D eigenvalue weighted by molar-refractivity contribution is 7.92. The molecule has 0 atom stereocenters. The van der Waals surface area contributed by atoms with Gasteiger partial charge in [0.15, 0.2) is 0 Å². The van der Waals surface area contributed by atoms with Gasteiger partial charge in [0.25, 0.3) is 15.9 Å². The highest BCUT2D eigenvalue weighted by Gasteiger charge is 2.20. The first-order chi connectivity index (χ1) is 15.5. The number of aryl methyl sites for hydroxylation is 3. The summed E-state index contributed by atoms with van der Waals surface area (Å²) in [5, 5.41) is 2.84. The molecule has 3 aromatic carbocycles. The van der Waals surface area contributed by atoms with Gasteiger partial charge in [0, 0.05) is 12.1 Å². The molecule has 0 fully saturated rings. The number of hydrogen-bond acceptors (Lipinski definition) is 4. The maximum atomic E-state index is 13.1. The fourth-order valence-corrected chi connectivity index (χ4v) is 4.80. The van der Waals surface area contributed by atoms with Crippen LogP contribution in [0.4, 0.5) is 5.69 Å². The van der Waals surface area contributed by atoms with Crippen molar-refractivity contribution >= 4 is 21.6 Å². The molecule has 0 radical (unpaired) electrons. The third-order valence-corrected chi connectivity index (χ3v) is 6.62. The van der Waals surface area contributed by atoms with Crippen molar-refractivity contribution in [2.75, 3.05) is 4.72 Å². The van der Waals surface area contributed by atoms with Crippen LogP contribution >= 0.6 is 0 Å². The van der Waals surface area contributed by atoms with Gasteiger partial charge >= 0.3 is 0 Å². The van der Waals surface area contributed by atoms with Gasteiger partial charge < -0.3 is 10.1 Å². The molecule has 0 aliphatic rings. The smallest absolute Gasteiger partial charge is 0.262 e. The Hall–Kier alpha value is -3.32. The van der Waals surface area contributed by atoms with Gasteiger partial charge in [-0.2, -0.15) is 0 Å². The summed E-state index contributed by atoms with van der Waals surface area (Å²) < 4.78 is 34.4. The number of benzene rings is 3. The number of hydrogen-bond donors (Lipinski definition) is 2. The molecule has 7 heteroatoms. The highest BCUT2D eigenvalue weighted by atomic mass is 32.2. The average molecular weight is 467 g/mol. The highest BCUT2D eigenvalue weighted by Crippen LogP contribution is 2.24. The number of carbonyl (C=O) groups excluding carboxylic acids is 1. The molecule has 0 unspecified atom stereocenters. The van der Waals surface area contributed by atoms with Crippen molar-refractivity contribution in [3.63, 3.8) is 0 Å².